The number of thiophene rings is 1. The van der Waals surface area contributed by atoms with E-state index >= 15 is 0 Å². The molecule has 0 bridgehead atoms. The van der Waals surface area contributed by atoms with Gasteiger partial charge in [0.25, 0.3) is 0 Å². The number of nitrogens with zero attached hydrogens (tertiary/aromatic N) is 1. The van der Waals surface area contributed by atoms with Gasteiger partial charge in [-0.2, -0.15) is 0 Å². The Balaban J connectivity index is 1.86. The highest BCUT2D eigenvalue weighted by Gasteiger charge is 2.25. The molecule has 1 saturated heterocycles. The first-order valence-electron chi connectivity index (χ1n) is 8.60. The highest BCUT2D eigenvalue weighted by atomic mass is 32.2. The number of aliphatic hydroxyl groups is 1. The van der Waals surface area contributed by atoms with Crippen LogP contribution in [-0.2, 0) is 9.59 Å². The number of likely N-dealkylation sites (tertiary alicyclic amines) is 1. The summed E-state index contributed by atoms with van der Waals surface area (Å²) >= 11 is 2.96. The van der Waals surface area contributed by atoms with E-state index in [0.29, 0.717) is 25.8 Å². The highest BCUT2D eigenvalue weighted by Crippen LogP contribution is 2.27. The fourth-order valence-corrected chi connectivity index (χ4v) is 4.32. The summed E-state index contributed by atoms with van der Waals surface area (Å²) in [5.74, 6) is 5.17. The molecule has 5 nitrogen and oxygen atoms in total. The number of hydrogen-bond acceptors (Lipinski definition) is 5. The molecule has 140 valence electrons. The van der Waals surface area contributed by atoms with Crippen molar-refractivity contribution in [2.75, 3.05) is 6.54 Å². The van der Waals surface area contributed by atoms with Gasteiger partial charge in [0.15, 0.2) is 0 Å². The van der Waals surface area contributed by atoms with Crippen LogP contribution in [0.2, 0.25) is 0 Å². The molecule has 0 aromatic carbocycles. The van der Waals surface area contributed by atoms with Gasteiger partial charge in [0.05, 0.1) is 16.8 Å². The average molecular weight is 394 g/mol. The van der Waals surface area contributed by atoms with Gasteiger partial charge in [-0.25, -0.2) is 0 Å². The Bertz CT molecular complexity index is 675. The molecule has 1 aromatic rings. The lowest BCUT2D eigenvalue weighted by molar-refractivity contribution is -0.137. The number of rotatable bonds is 8. The number of carboxylic acids is 1. The number of carboxylic acid groups (broad SMARTS) is 1. The number of amides is 1. The molecule has 1 fully saturated rings. The Hall–Kier alpha value is -1.75. The number of aliphatic hydroxyl groups excluding tert-OH is 1. The number of piperidine rings is 1. The molecule has 1 aliphatic rings. The topological polar surface area (TPSA) is 77.8 Å². The number of unbranched alkanes of at least 4 members (excludes halogenated alkanes) is 1. The van der Waals surface area contributed by atoms with Gasteiger partial charge >= 0.3 is 5.97 Å². The molecule has 26 heavy (non-hydrogen) atoms. The van der Waals surface area contributed by atoms with E-state index in [1.807, 2.05) is 23.6 Å². The van der Waals surface area contributed by atoms with Crippen LogP contribution in [-0.4, -0.2) is 45.0 Å². The zero-order valence-corrected chi connectivity index (χ0v) is 16.1. The minimum Gasteiger partial charge on any atom is -0.481 e. The van der Waals surface area contributed by atoms with E-state index in [9.17, 15) is 14.7 Å². The van der Waals surface area contributed by atoms with Crippen molar-refractivity contribution in [1.82, 2.24) is 4.90 Å². The fourth-order valence-electron chi connectivity index (χ4n) is 2.62. The lowest BCUT2D eigenvalue weighted by Crippen LogP contribution is -2.42. The van der Waals surface area contributed by atoms with Crippen LogP contribution in [0, 0.1) is 11.8 Å². The van der Waals surface area contributed by atoms with Crippen molar-refractivity contribution in [3.05, 3.63) is 29.7 Å². The third-order valence-electron chi connectivity index (χ3n) is 3.91. The maximum atomic E-state index is 12.2. The van der Waals surface area contributed by atoms with Crippen molar-refractivity contribution in [3.8, 4) is 11.8 Å². The molecular formula is C19H23NO4S2. The summed E-state index contributed by atoms with van der Waals surface area (Å²) in [4.78, 5) is 24.4. The second-order valence-corrected chi connectivity index (χ2v) is 8.27. The Morgan fingerprint density at radius 3 is 3.08 bits per heavy atom. The predicted octanol–water partition coefficient (Wildman–Crippen LogP) is 3.35. The molecule has 2 rings (SSSR count). The van der Waals surface area contributed by atoms with Crippen LogP contribution >= 0.6 is 23.1 Å². The van der Waals surface area contributed by atoms with Crippen LogP contribution < -0.4 is 0 Å². The third-order valence-corrected chi connectivity index (χ3v) is 5.91. The molecule has 2 N–H and O–H groups in total. The van der Waals surface area contributed by atoms with Crippen LogP contribution in [0.15, 0.2) is 33.9 Å². The monoisotopic (exact) mass is 393 g/mol. The van der Waals surface area contributed by atoms with Gasteiger partial charge in [-0.3, -0.25) is 9.59 Å². The van der Waals surface area contributed by atoms with E-state index in [-0.39, 0.29) is 18.4 Å². The van der Waals surface area contributed by atoms with Gasteiger partial charge in [-0.15, -0.1) is 17.3 Å². The molecule has 0 spiro atoms. The van der Waals surface area contributed by atoms with E-state index < -0.39 is 11.4 Å². The number of hydrogen-bond donors (Lipinski definition) is 2. The van der Waals surface area contributed by atoms with Crippen LogP contribution in [0.1, 0.15) is 38.5 Å². The van der Waals surface area contributed by atoms with Gasteiger partial charge in [0.1, 0.15) is 5.44 Å². The minimum absolute atomic E-state index is 0.0526. The molecule has 0 radical (unpaired) electrons. The van der Waals surface area contributed by atoms with Crippen molar-refractivity contribution >= 4 is 35.0 Å². The molecule has 7 heteroatoms. The summed E-state index contributed by atoms with van der Waals surface area (Å²) < 4.78 is 1.05. The SMILES string of the molecule is O=C(O)CCCC#CCN1C(=O)CCC[C@@H]1/C=C/C(O)Sc1cccs1. The van der Waals surface area contributed by atoms with E-state index in [1.165, 1.54) is 11.8 Å². The third kappa shape index (κ3) is 7.24. The quantitative estimate of drug-likeness (QED) is 0.233. The maximum Gasteiger partial charge on any atom is 0.303 e. The smallest absolute Gasteiger partial charge is 0.303 e. The summed E-state index contributed by atoms with van der Waals surface area (Å²) in [5.41, 5.74) is -0.644. The van der Waals surface area contributed by atoms with E-state index in [4.69, 9.17) is 5.11 Å². The van der Waals surface area contributed by atoms with Crippen LogP contribution in [0.3, 0.4) is 0 Å². The summed E-state index contributed by atoms with van der Waals surface area (Å²) in [5, 5.41) is 20.7. The molecule has 2 atom stereocenters. The van der Waals surface area contributed by atoms with Gasteiger partial charge in [-0.1, -0.05) is 29.8 Å². The first-order chi connectivity index (χ1) is 12.6. The zero-order valence-electron chi connectivity index (χ0n) is 14.5. The Morgan fingerprint density at radius 1 is 1.50 bits per heavy atom. The summed E-state index contributed by atoms with van der Waals surface area (Å²) in [6.07, 6.45) is 7.01. The second kappa shape index (κ2) is 11.1. The summed E-state index contributed by atoms with van der Waals surface area (Å²) in [6, 6.07) is 3.85. The lowest BCUT2D eigenvalue weighted by Gasteiger charge is -2.32. The molecule has 0 saturated carbocycles. The van der Waals surface area contributed by atoms with E-state index in [0.717, 1.165) is 17.1 Å². The highest BCUT2D eigenvalue weighted by molar-refractivity contribution is 8.01. The van der Waals surface area contributed by atoms with Crippen molar-refractivity contribution in [1.29, 1.82) is 0 Å². The van der Waals surface area contributed by atoms with Crippen LogP contribution in [0.4, 0.5) is 0 Å². The van der Waals surface area contributed by atoms with Gasteiger partial charge in [0.2, 0.25) is 5.91 Å². The molecule has 0 aliphatic carbocycles. The second-order valence-electron chi connectivity index (χ2n) is 5.91. The number of thioether (sulfide) groups is 1. The van der Waals surface area contributed by atoms with Crippen LogP contribution in [0.5, 0.6) is 0 Å². The van der Waals surface area contributed by atoms with Gasteiger partial charge in [0, 0.05) is 19.3 Å². The Labute approximate surface area is 162 Å². The van der Waals surface area contributed by atoms with E-state index in [2.05, 4.69) is 11.8 Å². The van der Waals surface area contributed by atoms with Crippen molar-refractivity contribution in [3.63, 3.8) is 0 Å². The predicted molar refractivity (Wildman–Crippen MR) is 104 cm³/mol. The maximum absolute atomic E-state index is 12.2. The molecule has 1 aliphatic heterocycles. The molecule has 1 aromatic heterocycles. The molecule has 2 heterocycles. The van der Waals surface area contributed by atoms with E-state index in [1.54, 1.807) is 22.3 Å². The van der Waals surface area contributed by atoms with Crippen molar-refractivity contribution in [2.24, 2.45) is 0 Å². The number of carbonyl (C=O) groups excluding carboxylic acids is 1. The van der Waals surface area contributed by atoms with Crippen molar-refractivity contribution < 1.29 is 19.8 Å². The Morgan fingerprint density at radius 2 is 2.35 bits per heavy atom. The van der Waals surface area contributed by atoms with Gasteiger partial charge < -0.3 is 15.1 Å². The first kappa shape index (κ1) is 20.6. The lowest BCUT2D eigenvalue weighted by atomic mass is 10.0. The first-order valence-corrected chi connectivity index (χ1v) is 10.4. The zero-order chi connectivity index (χ0) is 18.8. The number of aliphatic carboxylic acids is 1. The standard InChI is InChI=1S/C19H23NO4S2/c21-16-8-5-7-15(11-12-18(24)26-19-10-6-14-25-19)20(16)13-4-2-1-3-9-17(22)23/h6,10-12,14-15,18,24H,1,3,5,7-9,13H2,(H,22,23)/b12-11+/t15-,18?/m1/s1. The van der Waals surface area contributed by atoms with Gasteiger partial charge in [-0.05, 0) is 36.8 Å². The molecule has 1 unspecified atom stereocenters. The minimum atomic E-state index is -0.817. The number of carbonyl (C=O) groups is 2. The summed E-state index contributed by atoms with van der Waals surface area (Å²) in [7, 11) is 0. The largest absolute Gasteiger partial charge is 0.481 e. The Kier molecular flexibility index (Phi) is 8.75. The normalized spacial score (nSPS) is 18.6. The summed E-state index contributed by atoms with van der Waals surface area (Å²) in [6.45, 7) is 0.342. The van der Waals surface area contributed by atoms with Crippen molar-refractivity contribution in [2.45, 2.75) is 54.2 Å². The molecular weight excluding hydrogens is 370 g/mol. The molecule has 1 amide bonds. The average Bonchev–Trinajstić information content (AvgIpc) is 3.10. The fraction of sp³-hybridized carbons (Fsp3) is 0.474. The van der Waals surface area contributed by atoms with Crippen LogP contribution in [0.25, 0.3) is 0 Å².